The first-order chi connectivity index (χ1) is 11.7. The van der Waals surface area contributed by atoms with Crippen LogP contribution in [-0.2, 0) is 11.2 Å². The molecule has 3 rings (SSSR count). The zero-order valence-electron chi connectivity index (χ0n) is 12.7. The van der Waals surface area contributed by atoms with E-state index in [0.29, 0.717) is 15.7 Å². The molecule has 0 bridgehead atoms. The van der Waals surface area contributed by atoms with Crippen molar-refractivity contribution in [2.24, 2.45) is 5.10 Å². The zero-order chi connectivity index (χ0) is 16.8. The molecule has 6 heteroatoms. The lowest BCUT2D eigenvalue weighted by Crippen LogP contribution is -1.99. The van der Waals surface area contributed by atoms with E-state index in [1.165, 1.54) is 11.3 Å². The van der Waals surface area contributed by atoms with Crippen LogP contribution in [-0.4, -0.2) is 22.3 Å². The number of anilines is 1. The number of carbonyl (C=O) groups is 1. The van der Waals surface area contributed by atoms with Crippen LogP contribution in [0.5, 0.6) is 0 Å². The van der Waals surface area contributed by atoms with Gasteiger partial charge < -0.3 is 5.11 Å². The molecule has 0 aliphatic carbocycles. The second kappa shape index (κ2) is 7.52. The van der Waals surface area contributed by atoms with Gasteiger partial charge in [-0.25, -0.2) is 4.98 Å². The molecule has 2 aromatic carbocycles. The van der Waals surface area contributed by atoms with Crippen molar-refractivity contribution in [3.63, 3.8) is 0 Å². The number of thiazole rings is 1. The van der Waals surface area contributed by atoms with Gasteiger partial charge in [-0.15, -0.1) is 0 Å². The molecule has 0 atom stereocenters. The van der Waals surface area contributed by atoms with Crippen molar-refractivity contribution in [2.75, 3.05) is 5.43 Å². The molecule has 0 aliphatic rings. The summed E-state index contributed by atoms with van der Waals surface area (Å²) >= 11 is 1.30. The molecule has 5 nitrogen and oxygen atoms in total. The average molecular weight is 337 g/mol. The Morgan fingerprint density at radius 1 is 1.12 bits per heavy atom. The normalized spacial score (nSPS) is 10.8. The number of nitrogens with zero attached hydrogens (tertiary/aromatic N) is 2. The monoisotopic (exact) mass is 337 g/mol. The third kappa shape index (κ3) is 4.05. The Labute approximate surface area is 143 Å². The minimum Gasteiger partial charge on any atom is -0.481 e. The van der Waals surface area contributed by atoms with Gasteiger partial charge in [0.25, 0.3) is 0 Å². The Bertz CT molecular complexity index is 845. The number of rotatable bonds is 6. The second-order valence-corrected chi connectivity index (χ2v) is 6.09. The van der Waals surface area contributed by atoms with Crippen LogP contribution in [0.2, 0.25) is 0 Å². The molecule has 0 spiro atoms. The smallest absolute Gasteiger partial charge is 0.308 e. The molecule has 24 heavy (non-hydrogen) atoms. The van der Waals surface area contributed by atoms with Crippen LogP contribution in [0.4, 0.5) is 5.13 Å². The van der Waals surface area contributed by atoms with Gasteiger partial charge in [0.05, 0.1) is 18.3 Å². The van der Waals surface area contributed by atoms with Gasteiger partial charge in [-0.2, -0.15) is 5.10 Å². The fourth-order valence-electron chi connectivity index (χ4n) is 2.18. The van der Waals surface area contributed by atoms with Crippen LogP contribution >= 0.6 is 11.3 Å². The highest BCUT2D eigenvalue weighted by atomic mass is 32.1. The Kier molecular flexibility index (Phi) is 4.98. The molecule has 1 heterocycles. The van der Waals surface area contributed by atoms with Crippen molar-refractivity contribution in [1.29, 1.82) is 0 Å². The summed E-state index contributed by atoms with van der Waals surface area (Å²) in [5.41, 5.74) is 5.42. The van der Waals surface area contributed by atoms with Crippen molar-refractivity contribution in [3.05, 3.63) is 71.1 Å². The first kappa shape index (κ1) is 15.9. The summed E-state index contributed by atoms with van der Waals surface area (Å²) in [5, 5.41) is 13.8. The third-order valence-electron chi connectivity index (χ3n) is 3.23. The minimum absolute atomic E-state index is 0.0635. The van der Waals surface area contributed by atoms with E-state index in [1.807, 2.05) is 60.7 Å². The molecular formula is C18H15N3O2S. The van der Waals surface area contributed by atoms with E-state index in [2.05, 4.69) is 15.5 Å². The molecule has 120 valence electrons. The predicted octanol–water partition coefficient (Wildman–Crippen LogP) is 3.88. The average Bonchev–Trinajstić information content (AvgIpc) is 2.98. The summed E-state index contributed by atoms with van der Waals surface area (Å²) in [7, 11) is 0. The number of aromatic nitrogens is 1. The first-order valence-corrected chi connectivity index (χ1v) is 8.15. The summed E-state index contributed by atoms with van der Waals surface area (Å²) in [6.07, 6.45) is 1.63. The summed E-state index contributed by atoms with van der Waals surface area (Å²) in [4.78, 5) is 16.3. The lowest BCUT2D eigenvalue weighted by molar-refractivity contribution is -0.136. The molecular weight excluding hydrogens is 322 g/mol. The minimum atomic E-state index is -0.879. The quantitative estimate of drug-likeness (QED) is 0.529. The topological polar surface area (TPSA) is 74.6 Å². The van der Waals surface area contributed by atoms with Gasteiger partial charge in [0, 0.05) is 10.4 Å². The number of hydrogen-bond donors (Lipinski definition) is 2. The number of hydrazone groups is 1. The number of nitrogens with one attached hydrogen (secondary N) is 1. The Morgan fingerprint density at radius 2 is 1.79 bits per heavy atom. The lowest BCUT2D eigenvalue weighted by Gasteiger charge is -1.99. The molecule has 0 fully saturated rings. The largest absolute Gasteiger partial charge is 0.481 e. The van der Waals surface area contributed by atoms with Crippen molar-refractivity contribution in [1.82, 2.24) is 4.98 Å². The van der Waals surface area contributed by atoms with Gasteiger partial charge >= 0.3 is 5.97 Å². The lowest BCUT2D eigenvalue weighted by atomic mass is 10.1. The van der Waals surface area contributed by atoms with Crippen molar-refractivity contribution in [3.8, 4) is 11.3 Å². The number of hydrogen-bond acceptors (Lipinski definition) is 5. The van der Waals surface area contributed by atoms with E-state index in [4.69, 9.17) is 5.11 Å². The number of aliphatic carboxylic acids is 1. The first-order valence-electron chi connectivity index (χ1n) is 7.33. The van der Waals surface area contributed by atoms with Crippen LogP contribution in [0.3, 0.4) is 0 Å². The van der Waals surface area contributed by atoms with E-state index in [1.54, 1.807) is 6.21 Å². The van der Waals surface area contributed by atoms with Crippen molar-refractivity contribution < 1.29 is 9.90 Å². The maximum atomic E-state index is 11.1. The molecule has 1 aromatic heterocycles. The highest BCUT2D eigenvalue weighted by molar-refractivity contribution is 7.16. The number of benzene rings is 2. The fraction of sp³-hybridized carbons (Fsp3) is 0.0556. The van der Waals surface area contributed by atoms with Gasteiger partial charge in [0.1, 0.15) is 0 Å². The van der Waals surface area contributed by atoms with Gasteiger partial charge in [-0.05, 0) is 5.56 Å². The molecule has 0 saturated carbocycles. The summed E-state index contributed by atoms with van der Waals surface area (Å²) in [6, 6.07) is 19.2. The van der Waals surface area contributed by atoms with Crippen LogP contribution in [0.1, 0.15) is 10.4 Å². The number of carboxylic acids is 1. The molecule has 0 unspecified atom stereocenters. The van der Waals surface area contributed by atoms with E-state index in [-0.39, 0.29) is 6.42 Å². The summed E-state index contributed by atoms with van der Waals surface area (Å²) < 4.78 is 0. The van der Waals surface area contributed by atoms with Gasteiger partial charge in [-0.3, -0.25) is 10.2 Å². The Balaban J connectivity index is 1.82. The van der Waals surface area contributed by atoms with Crippen molar-refractivity contribution >= 4 is 28.7 Å². The molecule has 0 aliphatic heterocycles. The van der Waals surface area contributed by atoms with Gasteiger partial charge in [0.2, 0.25) is 5.13 Å². The summed E-state index contributed by atoms with van der Waals surface area (Å²) in [6.45, 7) is 0. The van der Waals surface area contributed by atoms with Gasteiger partial charge in [-0.1, -0.05) is 72.0 Å². The highest BCUT2D eigenvalue weighted by Gasteiger charge is 2.15. The fourth-order valence-corrected chi connectivity index (χ4v) is 3.10. The zero-order valence-corrected chi connectivity index (χ0v) is 13.5. The summed E-state index contributed by atoms with van der Waals surface area (Å²) in [5.74, 6) is -0.879. The number of carboxylic acid groups (broad SMARTS) is 1. The van der Waals surface area contributed by atoms with E-state index in [0.717, 1.165) is 11.1 Å². The van der Waals surface area contributed by atoms with Crippen LogP contribution in [0.25, 0.3) is 11.3 Å². The van der Waals surface area contributed by atoms with Crippen LogP contribution in [0, 0.1) is 0 Å². The van der Waals surface area contributed by atoms with Crippen LogP contribution < -0.4 is 5.43 Å². The third-order valence-corrected chi connectivity index (χ3v) is 4.19. The maximum absolute atomic E-state index is 11.1. The molecule has 0 saturated heterocycles. The van der Waals surface area contributed by atoms with Crippen LogP contribution in [0.15, 0.2) is 65.8 Å². The molecule has 0 radical (unpaired) electrons. The standard InChI is InChI=1S/C18H15N3O2S/c22-16(23)11-15-17(14-9-5-2-6-10-14)20-18(24-15)21-19-12-13-7-3-1-4-8-13/h1-10,12H,11H2,(H,20,21)(H,22,23)/b19-12+. The molecule has 0 amide bonds. The molecule has 2 N–H and O–H groups in total. The Morgan fingerprint density at radius 3 is 2.46 bits per heavy atom. The highest BCUT2D eigenvalue weighted by Crippen LogP contribution is 2.31. The van der Waals surface area contributed by atoms with Crippen molar-refractivity contribution in [2.45, 2.75) is 6.42 Å². The Hall–Kier alpha value is -2.99. The van der Waals surface area contributed by atoms with Gasteiger partial charge in [0.15, 0.2) is 0 Å². The maximum Gasteiger partial charge on any atom is 0.308 e. The van der Waals surface area contributed by atoms with E-state index < -0.39 is 5.97 Å². The SMILES string of the molecule is O=C(O)Cc1sc(N/N=C/c2ccccc2)nc1-c1ccccc1. The predicted molar refractivity (Wildman–Crippen MR) is 96.5 cm³/mol. The van der Waals surface area contributed by atoms with E-state index >= 15 is 0 Å². The second-order valence-electron chi connectivity index (χ2n) is 5.01. The molecule has 3 aromatic rings. The van der Waals surface area contributed by atoms with E-state index in [9.17, 15) is 4.79 Å².